The highest BCUT2D eigenvalue weighted by Crippen LogP contribution is 2.13. The first-order chi connectivity index (χ1) is 8.25. The van der Waals surface area contributed by atoms with Crippen LogP contribution in [-0.4, -0.2) is 6.54 Å². The first-order valence-corrected chi connectivity index (χ1v) is 5.84. The van der Waals surface area contributed by atoms with Crippen LogP contribution in [0.15, 0.2) is 41.0 Å². The SMILES string of the molecule is Cc1ccc(N)c(CNCCc2ccco2)c1. The Morgan fingerprint density at radius 2 is 2.18 bits per heavy atom. The molecule has 2 aromatic rings. The van der Waals surface area contributed by atoms with Gasteiger partial charge in [-0.05, 0) is 30.7 Å². The molecule has 1 aromatic heterocycles. The maximum atomic E-state index is 5.91. The number of benzene rings is 1. The van der Waals surface area contributed by atoms with Crippen LogP contribution in [0.25, 0.3) is 0 Å². The molecule has 1 aromatic carbocycles. The van der Waals surface area contributed by atoms with Crippen molar-refractivity contribution in [2.24, 2.45) is 0 Å². The summed E-state index contributed by atoms with van der Waals surface area (Å²) in [6.45, 7) is 3.76. The zero-order valence-corrected chi connectivity index (χ0v) is 10.1. The number of nitrogens with two attached hydrogens (primary N) is 1. The summed E-state index contributed by atoms with van der Waals surface area (Å²) in [5.74, 6) is 1.01. The highest BCUT2D eigenvalue weighted by Gasteiger charge is 2.00. The summed E-state index contributed by atoms with van der Waals surface area (Å²) in [6, 6.07) is 10.0. The molecule has 0 bridgehead atoms. The van der Waals surface area contributed by atoms with Gasteiger partial charge in [-0.15, -0.1) is 0 Å². The maximum absolute atomic E-state index is 5.91. The molecule has 0 aliphatic heterocycles. The van der Waals surface area contributed by atoms with Crippen molar-refractivity contribution < 1.29 is 4.42 Å². The molecule has 17 heavy (non-hydrogen) atoms. The van der Waals surface area contributed by atoms with E-state index in [9.17, 15) is 0 Å². The molecule has 0 fully saturated rings. The van der Waals surface area contributed by atoms with E-state index in [-0.39, 0.29) is 0 Å². The van der Waals surface area contributed by atoms with Gasteiger partial charge < -0.3 is 15.5 Å². The van der Waals surface area contributed by atoms with Gasteiger partial charge in [-0.1, -0.05) is 17.7 Å². The molecule has 0 aliphatic rings. The molecule has 0 atom stereocenters. The minimum absolute atomic E-state index is 0.800. The largest absolute Gasteiger partial charge is 0.469 e. The van der Waals surface area contributed by atoms with Gasteiger partial charge in [0, 0.05) is 25.2 Å². The highest BCUT2D eigenvalue weighted by atomic mass is 16.3. The molecule has 0 aliphatic carbocycles. The van der Waals surface area contributed by atoms with E-state index in [2.05, 4.69) is 18.3 Å². The molecule has 3 N–H and O–H groups in total. The second kappa shape index (κ2) is 5.55. The van der Waals surface area contributed by atoms with Gasteiger partial charge >= 0.3 is 0 Å². The van der Waals surface area contributed by atoms with Gasteiger partial charge in [0.25, 0.3) is 0 Å². The van der Waals surface area contributed by atoms with Crippen LogP contribution in [0.1, 0.15) is 16.9 Å². The minimum Gasteiger partial charge on any atom is -0.469 e. The van der Waals surface area contributed by atoms with Gasteiger partial charge in [0.15, 0.2) is 0 Å². The Hall–Kier alpha value is -1.74. The lowest BCUT2D eigenvalue weighted by molar-refractivity contribution is 0.499. The topological polar surface area (TPSA) is 51.2 Å². The lowest BCUT2D eigenvalue weighted by Gasteiger charge is -2.08. The standard InChI is InChI=1S/C14H18N2O/c1-11-4-5-14(15)12(9-11)10-16-7-6-13-3-2-8-17-13/h2-5,8-9,16H,6-7,10,15H2,1H3. The monoisotopic (exact) mass is 230 g/mol. The van der Waals surface area contributed by atoms with Crippen molar-refractivity contribution in [1.29, 1.82) is 0 Å². The third kappa shape index (κ3) is 3.36. The van der Waals surface area contributed by atoms with Gasteiger partial charge in [0.2, 0.25) is 0 Å². The minimum atomic E-state index is 0.800. The van der Waals surface area contributed by atoms with E-state index in [0.29, 0.717) is 0 Å². The summed E-state index contributed by atoms with van der Waals surface area (Å²) in [5.41, 5.74) is 9.15. The van der Waals surface area contributed by atoms with Crippen LogP contribution in [0.2, 0.25) is 0 Å². The van der Waals surface area contributed by atoms with Crippen LogP contribution >= 0.6 is 0 Å². The number of hydrogen-bond donors (Lipinski definition) is 2. The molecule has 0 saturated carbocycles. The van der Waals surface area contributed by atoms with E-state index in [1.807, 2.05) is 24.3 Å². The Bertz CT molecular complexity index is 463. The predicted octanol–water partition coefficient (Wildman–Crippen LogP) is 2.50. The quantitative estimate of drug-likeness (QED) is 0.613. The summed E-state index contributed by atoms with van der Waals surface area (Å²) in [5, 5.41) is 3.37. The third-order valence-corrected chi connectivity index (χ3v) is 2.74. The van der Waals surface area contributed by atoms with Gasteiger partial charge in [-0.3, -0.25) is 0 Å². The number of nitrogen functional groups attached to an aromatic ring is 1. The first kappa shape index (κ1) is 11.7. The molecule has 2 rings (SSSR count). The number of anilines is 1. The van der Waals surface area contributed by atoms with E-state index in [0.717, 1.165) is 36.5 Å². The molecule has 3 heteroatoms. The molecular formula is C14H18N2O. The number of hydrogen-bond acceptors (Lipinski definition) is 3. The van der Waals surface area contributed by atoms with Gasteiger partial charge in [-0.25, -0.2) is 0 Å². The van der Waals surface area contributed by atoms with E-state index >= 15 is 0 Å². The Morgan fingerprint density at radius 1 is 1.29 bits per heavy atom. The first-order valence-electron chi connectivity index (χ1n) is 5.84. The molecule has 0 spiro atoms. The average molecular weight is 230 g/mol. The van der Waals surface area contributed by atoms with Crippen LogP contribution in [0.5, 0.6) is 0 Å². The molecular weight excluding hydrogens is 212 g/mol. The average Bonchev–Trinajstić information content (AvgIpc) is 2.82. The Kier molecular flexibility index (Phi) is 3.83. The fourth-order valence-electron chi connectivity index (χ4n) is 1.78. The molecule has 0 amide bonds. The summed E-state index contributed by atoms with van der Waals surface area (Å²) in [7, 11) is 0. The van der Waals surface area contributed by atoms with Crippen molar-refractivity contribution in [3.63, 3.8) is 0 Å². The zero-order chi connectivity index (χ0) is 12.1. The van der Waals surface area contributed by atoms with Crippen LogP contribution in [0, 0.1) is 6.92 Å². The number of nitrogens with one attached hydrogen (secondary N) is 1. The fourth-order valence-corrected chi connectivity index (χ4v) is 1.78. The van der Waals surface area contributed by atoms with Crippen molar-refractivity contribution in [1.82, 2.24) is 5.32 Å². The summed E-state index contributed by atoms with van der Waals surface area (Å²) in [4.78, 5) is 0. The fraction of sp³-hybridized carbons (Fsp3) is 0.286. The van der Waals surface area contributed by atoms with Crippen LogP contribution in [-0.2, 0) is 13.0 Å². The number of aryl methyl sites for hydroxylation is 1. The van der Waals surface area contributed by atoms with E-state index in [1.165, 1.54) is 5.56 Å². The van der Waals surface area contributed by atoms with Crippen LogP contribution in [0.4, 0.5) is 5.69 Å². The zero-order valence-electron chi connectivity index (χ0n) is 10.1. The second-order valence-electron chi connectivity index (χ2n) is 4.21. The molecule has 0 saturated heterocycles. The van der Waals surface area contributed by atoms with E-state index in [1.54, 1.807) is 6.26 Å². The lowest BCUT2D eigenvalue weighted by atomic mass is 10.1. The molecule has 3 nitrogen and oxygen atoms in total. The van der Waals surface area contributed by atoms with Gasteiger partial charge in [-0.2, -0.15) is 0 Å². The smallest absolute Gasteiger partial charge is 0.105 e. The Morgan fingerprint density at radius 3 is 2.94 bits per heavy atom. The predicted molar refractivity (Wildman–Crippen MR) is 69.7 cm³/mol. The summed E-state index contributed by atoms with van der Waals surface area (Å²) in [6.07, 6.45) is 2.60. The van der Waals surface area contributed by atoms with E-state index in [4.69, 9.17) is 10.2 Å². The van der Waals surface area contributed by atoms with Crippen LogP contribution < -0.4 is 11.1 Å². The molecule has 0 radical (unpaired) electrons. The van der Waals surface area contributed by atoms with Crippen LogP contribution in [0.3, 0.4) is 0 Å². The second-order valence-corrected chi connectivity index (χ2v) is 4.21. The van der Waals surface area contributed by atoms with Crippen molar-refractivity contribution in [2.75, 3.05) is 12.3 Å². The summed E-state index contributed by atoms with van der Waals surface area (Å²) < 4.78 is 5.26. The molecule has 1 heterocycles. The van der Waals surface area contributed by atoms with Gasteiger partial charge in [0.1, 0.15) is 5.76 Å². The number of furan rings is 1. The Balaban J connectivity index is 1.80. The normalized spacial score (nSPS) is 10.6. The van der Waals surface area contributed by atoms with Gasteiger partial charge in [0.05, 0.1) is 6.26 Å². The third-order valence-electron chi connectivity index (χ3n) is 2.74. The molecule has 90 valence electrons. The summed E-state index contributed by atoms with van der Waals surface area (Å²) >= 11 is 0. The van der Waals surface area contributed by atoms with Crippen molar-refractivity contribution in [3.05, 3.63) is 53.5 Å². The van der Waals surface area contributed by atoms with E-state index < -0.39 is 0 Å². The Labute approximate surface area is 102 Å². The lowest BCUT2D eigenvalue weighted by Crippen LogP contribution is -2.17. The number of rotatable bonds is 5. The maximum Gasteiger partial charge on any atom is 0.105 e. The van der Waals surface area contributed by atoms with Crippen molar-refractivity contribution in [3.8, 4) is 0 Å². The van der Waals surface area contributed by atoms with Crippen molar-refractivity contribution >= 4 is 5.69 Å². The van der Waals surface area contributed by atoms with Crippen molar-refractivity contribution in [2.45, 2.75) is 19.9 Å². The highest BCUT2D eigenvalue weighted by molar-refractivity contribution is 5.48. The molecule has 0 unspecified atom stereocenters.